The number of carbonyl (C=O) groups excluding carboxylic acids is 2. The Labute approximate surface area is 187 Å². The van der Waals surface area contributed by atoms with Crippen molar-refractivity contribution in [3.8, 4) is 5.75 Å². The zero-order valence-electron chi connectivity index (χ0n) is 17.2. The molecule has 1 aliphatic rings. The third-order valence-corrected chi connectivity index (χ3v) is 5.24. The van der Waals surface area contributed by atoms with Crippen molar-refractivity contribution in [3.63, 3.8) is 0 Å². The molecule has 3 amide bonds. The average molecular weight is 448 g/mol. The Kier molecular flexibility index (Phi) is 5.14. The number of fused-ring (bicyclic) bond motifs is 2. The number of ether oxygens (including phenoxy) is 1. The molecule has 3 aromatic carbocycles. The van der Waals surface area contributed by atoms with E-state index in [-0.39, 0.29) is 19.1 Å². The maximum Gasteiger partial charge on any atom is 0.323 e. The summed E-state index contributed by atoms with van der Waals surface area (Å²) in [5.41, 5.74) is 2.74. The van der Waals surface area contributed by atoms with Gasteiger partial charge in [0.2, 0.25) is 0 Å². The minimum absolute atomic E-state index is 0.0155. The summed E-state index contributed by atoms with van der Waals surface area (Å²) in [5, 5.41) is 6.53. The molecule has 0 saturated carbocycles. The molecule has 0 bridgehead atoms. The summed E-state index contributed by atoms with van der Waals surface area (Å²) < 4.78 is 32.6. The summed E-state index contributed by atoms with van der Waals surface area (Å²) in [6, 6.07) is 15.0. The number of anilines is 3. The van der Waals surface area contributed by atoms with Crippen molar-refractivity contribution >= 4 is 39.9 Å². The number of aromatic nitrogens is 1. The maximum absolute atomic E-state index is 13.6. The number of amides is 3. The quantitative estimate of drug-likeness (QED) is 0.410. The van der Waals surface area contributed by atoms with Gasteiger partial charge in [-0.15, -0.1) is 0 Å². The normalized spacial score (nSPS) is 12.9. The van der Waals surface area contributed by atoms with Gasteiger partial charge in [-0.05, 0) is 53.4 Å². The highest BCUT2D eigenvalue weighted by Gasteiger charge is 2.26. The number of aromatic amines is 1. The van der Waals surface area contributed by atoms with E-state index < -0.39 is 17.7 Å². The number of halogens is 2. The van der Waals surface area contributed by atoms with Crippen LogP contribution < -0.4 is 20.3 Å². The maximum atomic E-state index is 13.6. The molecule has 0 unspecified atom stereocenters. The minimum atomic E-state index is -0.716. The number of carbonyl (C=O) groups is 2. The Morgan fingerprint density at radius 2 is 1.70 bits per heavy atom. The second-order valence-electron chi connectivity index (χ2n) is 7.59. The van der Waals surface area contributed by atoms with Crippen LogP contribution in [0.2, 0.25) is 0 Å². The molecule has 0 radical (unpaired) electrons. The van der Waals surface area contributed by atoms with E-state index in [1.807, 2.05) is 24.4 Å². The highest BCUT2D eigenvalue weighted by molar-refractivity contribution is 6.02. The SMILES string of the molecule is O=C(Nc1ccc2c(c1)OCC(=O)N2Cc1cc(F)cc(F)c1)Nc1ccc2cc[nH]c2c1. The number of H-pyrrole nitrogens is 1. The Morgan fingerprint density at radius 1 is 0.970 bits per heavy atom. The molecular weight excluding hydrogens is 430 g/mol. The number of urea groups is 1. The van der Waals surface area contributed by atoms with Crippen LogP contribution in [0.4, 0.5) is 30.6 Å². The van der Waals surface area contributed by atoms with Crippen molar-refractivity contribution < 1.29 is 23.1 Å². The lowest BCUT2D eigenvalue weighted by atomic mass is 10.1. The summed E-state index contributed by atoms with van der Waals surface area (Å²) >= 11 is 0. The van der Waals surface area contributed by atoms with Crippen molar-refractivity contribution in [3.05, 3.63) is 84.1 Å². The van der Waals surface area contributed by atoms with Crippen molar-refractivity contribution in [2.75, 3.05) is 22.1 Å². The number of benzene rings is 3. The highest BCUT2D eigenvalue weighted by atomic mass is 19.1. The molecule has 0 spiro atoms. The van der Waals surface area contributed by atoms with Crippen molar-refractivity contribution in [1.29, 1.82) is 0 Å². The number of rotatable bonds is 4. The van der Waals surface area contributed by atoms with Crippen molar-refractivity contribution in [2.45, 2.75) is 6.54 Å². The Morgan fingerprint density at radius 3 is 2.48 bits per heavy atom. The topological polar surface area (TPSA) is 86.5 Å². The fraction of sp³-hybridized carbons (Fsp3) is 0.0833. The van der Waals surface area contributed by atoms with E-state index in [9.17, 15) is 18.4 Å². The Bertz CT molecular complexity index is 1370. The molecule has 9 heteroatoms. The van der Waals surface area contributed by atoms with Gasteiger partial charge in [-0.3, -0.25) is 4.79 Å². The van der Waals surface area contributed by atoms with Gasteiger partial charge >= 0.3 is 6.03 Å². The fourth-order valence-corrected chi connectivity index (χ4v) is 3.76. The molecule has 3 N–H and O–H groups in total. The van der Waals surface area contributed by atoms with Crippen LogP contribution in [-0.2, 0) is 11.3 Å². The van der Waals surface area contributed by atoms with Gasteiger partial charge in [0.15, 0.2) is 6.61 Å². The average Bonchev–Trinajstić information content (AvgIpc) is 3.23. The first-order valence-electron chi connectivity index (χ1n) is 10.1. The highest BCUT2D eigenvalue weighted by Crippen LogP contribution is 2.35. The molecule has 166 valence electrons. The van der Waals surface area contributed by atoms with E-state index in [1.54, 1.807) is 24.3 Å². The first-order chi connectivity index (χ1) is 15.9. The summed E-state index contributed by atoms with van der Waals surface area (Å²) in [4.78, 5) is 29.3. The smallest absolute Gasteiger partial charge is 0.323 e. The molecule has 4 aromatic rings. The molecule has 0 aliphatic carbocycles. The minimum Gasteiger partial charge on any atom is -0.481 e. The van der Waals surface area contributed by atoms with E-state index in [4.69, 9.17) is 4.74 Å². The van der Waals surface area contributed by atoms with Crippen molar-refractivity contribution in [2.24, 2.45) is 0 Å². The predicted octanol–water partition coefficient (Wildman–Crippen LogP) is 5.02. The number of hydrogen-bond donors (Lipinski definition) is 3. The monoisotopic (exact) mass is 448 g/mol. The summed E-state index contributed by atoms with van der Waals surface area (Å²) in [6.07, 6.45) is 1.82. The van der Waals surface area contributed by atoms with Gasteiger partial charge in [-0.1, -0.05) is 6.07 Å². The fourth-order valence-electron chi connectivity index (χ4n) is 3.76. The summed E-state index contributed by atoms with van der Waals surface area (Å²) in [5.74, 6) is -1.40. The molecule has 0 saturated heterocycles. The van der Waals surface area contributed by atoms with Gasteiger partial charge in [0.1, 0.15) is 17.4 Å². The van der Waals surface area contributed by atoms with Crippen LogP contribution >= 0.6 is 0 Å². The van der Waals surface area contributed by atoms with Gasteiger partial charge in [-0.25, -0.2) is 13.6 Å². The third kappa shape index (κ3) is 4.33. The lowest BCUT2D eigenvalue weighted by Crippen LogP contribution is -2.38. The van der Waals surface area contributed by atoms with E-state index in [2.05, 4.69) is 15.6 Å². The Hall–Kier alpha value is -4.40. The van der Waals surface area contributed by atoms with Crippen LogP contribution in [0.3, 0.4) is 0 Å². The molecule has 5 rings (SSSR count). The van der Waals surface area contributed by atoms with E-state index in [0.29, 0.717) is 28.4 Å². The van der Waals surface area contributed by atoms with E-state index in [0.717, 1.165) is 17.0 Å². The summed E-state index contributed by atoms with van der Waals surface area (Å²) in [6.45, 7) is -0.241. The first-order valence-corrected chi connectivity index (χ1v) is 10.1. The second kappa shape index (κ2) is 8.27. The standard InChI is InChI=1S/C24H18F2N4O3/c25-16-7-14(8-17(26)9-16)12-30-21-4-3-19(11-22(21)33-13-23(30)31)29-24(32)28-18-2-1-15-5-6-27-20(15)10-18/h1-11,27H,12-13H2,(H2,28,29,32). The van der Waals surface area contributed by atoms with Gasteiger partial charge in [0.25, 0.3) is 5.91 Å². The molecule has 7 nitrogen and oxygen atoms in total. The van der Waals surface area contributed by atoms with Crippen LogP contribution in [-0.4, -0.2) is 23.5 Å². The zero-order chi connectivity index (χ0) is 22.9. The molecule has 1 aromatic heterocycles. The van der Waals surface area contributed by atoms with E-state index in [1.165, 1.54) is 17.0 Å². The van der Waals surface area contributed by atoms with Crippen LogP contribution in [0.1, 0.15) is 5.56 Å². The zero-order valence-corrected chi connectivity index (χ0v) is 17.2. The molecule has 0 atom stereocenters. The summed E-state index contributed by atoms with van der Waals surface area (Å²) in [7, 11) is 0. The number of nitrogens with one attached hydrogen (secondary N) is 3. The van der Waals surface area contributed by atoms with Gasteiger partial charge in [0.05, 0.1) is 12.2 Å². The van der Waals surface area contributed by atoms with Crippen LogP contribution in [0.15, 0.2) is 66.9 Å². The van der Waals surface area contributed by atoms with Crippen LogP contribution in [0.5, 0.6) is 5.75 Å². The van der Waals surface area contributed by atoms with Crippen molar-refractivity contribution in [1.82, 2.24) is 4.98 Å². The lowest BCUT2D eigenvalue weighted by Gasteiger charge is -2.30. The largest absolute Gasteiger partial charge is 0.481 e. The van der Waals surface area contributed by atoms with Crippen LogP contribution in [0.25, 0.3) is 10.9 Å². The van der Waals surface area contributed by atoms with Gasteiger partial charge < -0.3 is 25.3 Å². The Balaban J connectivity index is 1.32. The number of hydrogen-bond acceptors (Lipinski definition) is 3. The van der Waals surface area contributed by atoms with Crippen LogP contribution in [0, 0.1) is 11.6 Å². The predicted molar refractivity (Wildman–Crippen MR) is 120 cm³/mol. The second-order valence-corrected chi connectivity index (χ2v) is 7.59. The van der Waals surface area contributed by atoms with Gasteiger partial charge in [-0.2, -0.15) is 0 Å². The molecular formula is C24H18F2N4O3. The molecule has 2 heterocycles. The first kappa shape index (κ1) is 20.5. The van der Waals surface area contributed by atoms with E-state index >= 15 is 0 Å². The number of nitrogens with zero attached hydrogens (tertiary/aromatic N) is 1. The molecule has 0 fully saturated rings. The molecule has 33 heavy (non-hydrogen) atoms. The molecule has 1 aliphatic heterocycles. The van der Waals surface area contributed by atoms with Gasteiger partial charge in [0, 0.05) is 35.2 Å². The third-order valence-electron chi connectivity index (χ3n) is 5.24. The lowest BCUT2D eigenvalue weighted by molar-refractivity contribution is -0.121.